The lowest BCUT2D eigenvalue weighted by atomic mass is 10.1. The molecule has 0 fully saturated rings. The minimum atomic E-state index is -3.31. The van der Waals surface area contributed by atoms with Gasteiger partial charge in [-0.2, -0.15) is 0 Å². The Balaban J connectivity index is 2.68. The molecular formula is C14H17F2NO3. The standard InChI is InChI=1S/C14H17F2NO3/c1-10-3-5-12(20-2)11(7-10)4-6-13(19)17-8-14(15,16)9-18/h3-7,18H,8-9H2,1-2H3,(H,17,19)/b6-4+. The van der Waals surface area contributed by atoms with Crippen LogP contribution in [0.1, 0.15) is 11.1 Å². The van der Waals surface area contributed by atoms with Gasteiger partial charge in [-0.25, -0.2) is 8.78 Å². The van der Waals surface area contributed by atoms with Crippen molar-refractivity contribution in [3.8, 4) is 5.75 Å². The molecule has 0 aliphatic rings. The monoisotopic (exact) mass is 285 g/mol. The number of hydrogen-bond acceptors (Lipinski definition) is 3. The second kappa shape index (κ2) is 7.00. The van der Waals surface area contributed by atoms with Gasteiger partial charge in [0.25, 0.3) is 5.92 Å². The molecule has 0 radical (unpaired) electrons. The van der Waals surface area contributed by atoms with Crippen LogP contribution in [-0.4, -0.2) is 37.2 Å². The van der Waals surface area contributed by atoms with Crippen LogP contribution < -0.4 is 10.1 Å². The van der Waals surface area contributed by atoms with Crippen molar-refractivity contribution in [2.24, 2.45) is 0 Å². The smallest absolute Gasteiger partial charge is 0.287 e. The maximum Gasteiger partial charge on any atom is 0.287 e. The van der Waals surface area contributed by atoms with Crippen LogP contribution in [-0.2, 0) is 4.79 Å². The SMILES string of the molecule is COc1ccc(C)cc1/C=C/C(=O)NCC(F)(F)CO. The summed E-state index contributed by atoms with van der Waals surface area (Å²) in [4.78, 5) is 11.4. The summed E-state index contributed by atoms with van der Waals surface area (Å²) in [7, 11) is 1.50. The number of carbonyl (C=O) groups is 1. The number of benzene rings is 1. The number of alkyl halides is 2. The van der Waals surface area contributed by atoms with Crippen LogP contribution >= 0.6 is 0 Å². The van der Waals surface area contributed by atoms with E-state index in [1.54, 1.807) is 6.07 Å². The molecule has 0 spiro atoms. The van der Waals surface area contributed by atoms with E-state index in [1.807, 2.05) is 24.4 Å². The normalized spacial score (nSPS) is 11.7. The molecule has 0 heterocycles. The van der Waals surface area contributed by atoms with Crippen molar-refractivity contribution in [3.63, 3.8) is 0 Å². The quantitative estimate of drug-likeness (QED) is 0.783. The lowest BCUT2D eigenvalue weighted by Gasteiger charge is -2.12. The fourth-order valence-corrected chi connectivity index (χ4v) is 1.48. The molecule has 20 heavy (non-hydrogen) atoms. The highest BCUT2D eigenvalue weighted by molar-refractivity contribution is 5.92. The zero-order valence-electron chi connectivity index (χ0n) is 11.3. The highest BCUT2D eigenvalue weighted by atomic mass is 19.3. The molecule has 1 aromatic carbocycles. The summed E-state index contributed by atoms with van der Waals surface area (Å²) in [6.07, 6.45) is 2.63. The van der Waals surface area contributed by atoms with Crippen LogP contribution in [0.15, 0.2) is 24.3 Å². The van der Waals surface area contributed by atoms with Gasteiger partial charge in [-0.1, -0.05) is 11.6 Å². The number of aliphatic hydroxyl groups is 1. The van der Waals surface area contributed by atoms with Crippen molar-refractivity contribution < 1.29 is 23.4 Å². The van der Waals surface area contributed by atoms with Gasteiger partial charge in [0.2, 0.25) is 5.91 Å². The topological polar surface area (TPSA) is 58.6 Å². The molecule has 1 amide bonds. The number of carbonyl (C=O) groups excluding carboxylic acids is 1. The second-order valence-electron chi connectivity index (χ2n) is 4.31. The maximum absolute atomic E-state index is 12.7. The van der Waals surface area contributed by atoms with Gasteiger partial charge >= 0.3 is 0 Å². The molecule has 0 aliphatic carbocycles. The number of amides is 1. The molecule has 0 atom stereocenters. The molecule has 6 heteroatoms. The molecule has 0 aliphatic heterocycles. The average molecular weight is 285 g/mol. The summed E-state index contributed by atoms with van der Waals surface area (Å²) in [6, 6.07) is 5.43. The number of hydrogen-bond donors (Lipinski definition) is 2. The predicted molar refractivity (Wildman–Crippen MR) is 71.8 cm³/mol. The van der Waals surface area contributed by atoms with E-state index in [-0.39, 0.29) is 0 Å². The van der Waals surface area contributed by atoms with Crippen LogP contribution in [0.5, 0.6) is 5.75 Å². The van der Waals surface area contributed by atoms with Crippen LogP contribution in [0.2, 0.25) is 0 Å². The lowest BCUT2D eigenvalue weighted by molar-refractivity contribution is -0.119. The van der Waals surface area contributed by atoms with Gasteiger partial charge in [-0.05, 0) is 25.1 Å². The van der Waals surface area contributed by atoms with Crippen LogP contribution in [0, 0.1) is 6.92 Å². The van der Waals surface area contributed by atoms with Gasteiger partial charge in [-0.15, -0.1) is 0 Å². The summed E-state index contributed by atoms with van der Waals surface area (Å²) in [5.41, 5.74) is 1.66. The van der Waals surface area contributed by atoms with E-state index in [4.69, 9.17) is 9.84 Å². The minimum absolute atomic E-state index is 0.584. The number of rotatable bonds is 6. The molecule has 0 unspecified atom stereocenters. The van der Waals surface area contributed by atoms with Gasteiger partial charge in [-0.3, -0.25) is 4.79 Å². The Morgan fingerprint density at radius 3 is 2.80 bits per heavy atom. The Bertz CT molecular complexity index is 501. The van der Waals surface area contributed by atoms with E-state index in [1.165, 1.54) is 13.2 Å². The number of ether oxygens (including phenoxy) is 1. The first-order valence-electron chi connectivity index (χ1n) is 5.97. The van der Waals surface area contributed by atoms with Gasteiger partial charge in [0.05, 0.1) is 13.7 Å². The third-order valence-corrected chi connectivity index (χ3v) is 2.55. The Labute approximate surface area is 116 Å². The number of halogens is 2. The predicted octanol–water partition coefficient (Wildman–Crippen LogP) is 1.76. The second-order valence-corrected chi connectivity index (χ2v) is 4.31. The Morgan fingerprint density at radius 1 is 1.50 bits per heavy atom. The number of nitrogens with one attached hydrogen (secondary N) is 1. The summed E-state index contributed by atoms with van der Waals surface area (Å²) < 4.78 is 30.6. The zero-order chi connectivity index (χ0) is 15.2. The molecule has 0 saturated heterocycles. The Kier molecular flexibility index (Phi) is 5.64. The summed E-state index contributed by atoms with van der Waals surface area (Å²) in [5, 5.41) is 10.4. The fraction of sp³-hybridized carbons (Fsp3) is 0.357. The summed E-state index contributed by atoms with van der Waals surface area (Å²) in [5.74, 6) is -3.40. The fourth-order valence-electron chi connectivity index (χ4n) is 1.48. The molecule has 0 aromatic heterocycles. The van der Waals surface area contributed by atoms with E-state index in [0.29, 0.717) is 11.3 Å². The highest BCUT2D eigenvalue weighted by Gasteiger charge is 2.27. The largest absolute Gasteiger partial charge is 0.496 e. The molecule has 2 N–H and O–H groups in total. The first-order chi connectivity index (χ1) is 9.38. The molecular weight excluding hydrogens is 268 g/mol. The van der Waals surface area contributed by atoms with E-state index >= 15 is 0 Å². The van der Waals surface area contributed by atoms with Gasteiger partial charge in [0, 0.05) is 11.6 Å². The molecule has 0 bridgehead atoms. The van der Waals surface area contributed by atoms with Crippen molar-refractivity contribution in [3.05, 3.63) is 35.4 Å². The molecule has 1 rings (SSSR count). The lowest BCUT2D eigenvalue weighted by Crippen LogP contribution is -2.38. The van der Waals surface area contributed by atoms with E-state index in [2.05, 4.69) is 0 Å². The average Bonchev–Trinajstić information content (AvgIpc) is 2.43. The van der Waals surface area contributed by atoms with Crippen molar-refractivity contribution in [1.82, 2.24) is 5.32 Å². The number of aryl methyl sites for hydroxylation is 1. The van der Waals surface area contributed by atoms with E-state index < -0.39 is 25.0 Å². The van der Waals surface area contributed by atoms with Gasteiger partial charge in [0.15, 0.2) is 0 Å². The molecule has 4 nitrogen and oxygen atoms in total. The Morgan fingerprint density at radius 2 is 2.20 bits per heavy atom. The minimum Gasteiger partial charge on any atom is -0.496 e. The molecule has 0 saturated carbocycles. The zero-order valence-corrected chi connectivity index (χ0v) is 11.3. The van der Waals surface area contributed by atoms with Crippen LogP contribution in [0.25, 0.3) is 6.08 Å². The molecule has 1 aromatic rings. The third kappa shape index (κ3) is 4.97. The summed E-state index contributed by atoms with van der Waals surface area (Å²) in [6.45, 7) is -0.320. The Hall–Kier alpha value is -1.95. The summed E-state index contributed by atoms with van der Waals surface area (Å²) >= 11 is 0. The van der Waals surface area contributed by atoms with Gasteiger partial charge in [0.1, 0.15) is 12.4 Å². The highest BCUT2D eigenvalue weighted by Crippen LogP contribution is 2.20. The van der Waals surface area contributed by atoms with Crippen molar-refractivity contribution in [1.29, 1.82) is 0 Å². The van der Waals surface area contributed by atoms with Crippen molar-refractivity contribution in [2.75, 3.05) is 20.3 Å². The number of methoxy groups -OCH3 is 1. The first kappa shape index (κ1) is 16.1. The van der Waals surface area contributed by atoms with Crippen LogP contribution in [0.4, 0.5) is 8.78 Å². The van der Waals surface area contributed by atoms with Crippen molar-refractivity contribution in [2.45, 2.75) is 12.8 Å². The van der Waals surface area contributed by atoms with Gasteiger partial charge < -0.3 is 15.2 Å². The third-order valence-electron chi connectivity index (χ3n) is 2.55. The maximum atomic E-state index is 12.7. The first-order valence-corrected chi connectivity index (χ1v) is 5.97. The number of aliphatic hydroxyl groups excluding tert-OH is 1. The van der Waals surface area contributed by atoms with Crippen molar-refractivity contribution >= 4 is 12.0 Å². The van der Waals surface area contributed by atoms with E-state index in [9.17, 15) is 13.6 Å². The van der Waals surface area contributed by atoms with E-state index in [0.717, 1.165) is 11.6 Å². The molecule has 110 valence electrons. The van der Waals surface area contributed by atoms with Crippen LogP contribution in [0.3, 0.4) is 0 Å².